The fourth-order valence-corrected chi connectivity index (χ4v) is 4.41. The van der Waals surface area contributed by atoms with Gasteiger partial charge in [0.15, 0.2) is 6.21 Å². The van der Waals surface area contributed by atoms with E-state index >= 15 is 0 Å². The topological polar surface area (TPSA) is 139 Å². The van der Waals surface area contributed by atoms with E-state index in [0.29, 0.717) is 23.6 Å². The molecular weight excluding hydrogens is 404 g/mol. The van der Waals surface area contributed by atoms with Gasteiger partial charge in [-0.25, -0.2) is 9.50 Å². The number of nitrogen functional groups attached to an aromatic ring is 1. The highest BCUT2D eigenvalue weighted by atomic mass is 15.4. The van der Waals surface area contributed by atoms with E-state index in [0.717, 1.165) is 42.5 Å². The zero-order valence-corrected chi connectivity index (χ0v) is 17.9. The third-order valence-corrected chi connectivity index (χ3v) is 6.31. The number of nitriles is 1. The fourth-order valence-electron chi connectivity index (χ4n) is 4.41. The van der Waals surface area contributed by atoms with E-state index in [2.05, 4.69) is 27.6 Å². The Morgan fingerprint density at radius 1 is 1.34 bits per heavy atom. The van der Waals surface area contributed by atoms with Gasteiger partial charge in [0.05, 0.1) is 41.4 Å². The average Bonchev–Trinajstić information content (AvgIpc) is 3.51. The molecule has 10 heteroatoms. The molecule has 1 aliphatic carbocycles. The number of aryl methyl sites for hydroxylation is 1. The van der Waals surface area contributed by atoms with Crippen molar-refractivity contribution in [1.29, 1.82) is 5.26 Å². The minimum Gasteiger partial charge on any atom is -0.384 e. The van der Waals surface area contributed by atoms with Crippen LogP contribution in [0, 0.1) is 16.7 Å². The molecular formula is C22H25N10+. The van der Waals surface area contributed by atoms with Crippen LogP contribution in [0.15, 0.2) is 35.8 Å². The van der Waals surface area contributed by atoms with E-state index < -0.39 is 0 Å². The monoisotopic (exact) mass is 429 g/mol. The van der Waals surface area contributed by atoms with E-state index in [1.807, 2.05) is 23.1 Å². The van der Waals surface area contributed by atoms with E-state index in [1.165, 1.54) is 0 Å². The SMILES string of the molecule is Cn1nc(-c2cn3nccc3c(C3=C/[N+](=C/C4(CC#N)CCC(N)CC4)N=C3)n2)cc1N. The molecule has 5 rings (SSSR count). The predicted octanol–water partition coefficient (Wildman–Crippen LogP) is 1.94. The maximum Gasteiger partial charge on any atom is 0.213 e. The minimum absolute atomic E-state index is 0.208. The zero-order chi connectivity index (χ0) is 22.3. The Hall–Kier alpha value is -3.84. The zero-order valence-electron chi connectivity index (χ0n) is 17.9. The lowest BCUT2D eigenvalue weighted by atomic mass is 9.71. The lowest BCUT2D eigenvalue weighted by Gasteiger charge is -2.32. The van der Waals surface area contributed by atoms with Gasteiger partial charge >= 0.3 is 0 Å². The molecule has 0 radical (unpaired) electrons. The molecule has 0 bridgehead atoms. The van der Waals surface area contributed by atoms with Gasteiger partial charge in [0.25, 0.3) is 0 Å². The Bertz CT molecular complexity index is 1290. The van der Waals surface area contributed by atoms with Crippen molar-refractivity contribution in [2.24, 2.45) is 23.3 Å². The van der Waals surface area contributed by atoms with Gasteiger partial charge in [-0.2, -0.15) is 15.5 Å². The first-order chi connectivity index (χ1) is 15.5. The number of aromatic nitrogens is 5. The molecule has 0 unspecified atom stereocenters. The molecule has 3 aromatic heterocycles. The summed E-state index contributed by atoms with van der Waals surface area (Å²) in [5, 5.41) is 22.8. The Morgan fingerprint density at radius 3 is 2.88 bits per heavy atom. The Balaban J connectivity index is 1.54. The third-order valence-electron chi connectivity index (χ3n) is 6.31. The van der Waals surface area contributed by atoms with Crippen LogP contribution in [0.3, 0.4) is 0 Å². The molecule has 3 aromatic rings. The van der Waals surface area contributed by atoms with E-state index in [4.69, 9.17) is 16.5 Å². The molecule has 4 N–H and O–H groups in total. The van der Waals surface area contributed by atoms with Crippen molar-refractivity contribution in [3.8, 4) is 17.5 Å². The smallest absolute Gasteiger partial charge is 0.213 e. The molecule has 1 saturated carbocycles. The molecule has 1 fully saturated rings. The summed E-state index contributed by atoms with van der Waals surface area (Å²) in [7, 11) is 1.79. The summed E-state index contributed by atoms with van der Waals surface area (Å²) in [5.41, 5.74) is 15.7. The number of nitrogens with zero attached hydrogens (tertiary/aromatic N) is 8. The number of nitrogens with two attached hydrogens (primary N) is 2. The molecule has 162 valence electrons. The Kier molecular flexibility index (Phi) is 4.83. The van der Waals surface area contributed by atoms with Crippen LogP contribution < -0.4 is 11.5 Å². The first-order valence-corrected chi connectivity index (χ1v) is 10.6. The first kappa shape index (κ1) is 20.1. The number of anilines is 1. The third kappa shape index (κ3) is 3.56. The van der Waals surface area contributed by atoms with Crippen LogP contribution in [0.1, 0.15) is 37.8 Å². The maximum atomic E-state index is 9.40. The number of fused-ring (bicyclic) bond motifs is 1. The Morgan fingerprint density at radius 2 is 2.16 bits per heavy atom. The molecule has 0 saturated heterocycles. The number of rotatable bonds is 4. The lowest BCUT2D eigenvalue weighted by Crippen LogP contribution is -2.36. The second-order valence-corrected chi connectivity index (χ2v) is 8.59. The number of allylic oxidation sites excluding steroid dienone is 1. The van der Waals surface area contributed by atoms with Crippen molar-refractivity contribution in [3.63, 3.8) is 0 Å². The minimum atomic E-state index is -0.208. The van der Waals surface area contributed by atoms with Gasteiger partial charge in [-0.15, -0.1) is 0 Å². The molecule has 4 heterocycles. The van der Waals surface area contributed by atoms with Gasteiger partial charge in [0.1, 0.15) is 29.1 Å². The van der Waals surface area contributed by atoms with Gasteiger partial charge in [-0.1, -0.05) is 4.68 Å². The molecule has 1 aliphatic heterocycles. The van der Waals surface area contributed by atoms with E-state index in [-0.39, 0.29) is 11.5 Å². The van der Waals surface area contributed by atoms with Gasteiger partial charge in [-0.3, -0.25) is 4.68 Å². The van der Waals surface area contributed by atoms with E-state index in [1.54, 1.807) is 34.7 Å². The normalized spacial score (nSPS) is 24.2. The molecule has 32 heavy (non-hydrogen) atoms. The Labute approximate surface area is 185 Å². The summed E-state index contributed by atoms with van der Waals surface area (Å²) in [5.74, 6) is 0.557. The fraction of sp³-hybridized carbons (Fsp3) is 0.364. The second-order valence-electron chi connectivity index (χ2n) is 8.59. The second kappa shape index (κ2) is 7.69. The van der Waals surface area contributed by atoms with Crippen LogP contribution >= 0.6 is 0 Å². The van der Waals surface area contributed by atoms with Gasteiger partial charge < -0.3 is 11.5 Å². The summed E-state index contributed by atoms with van der Waals surface area (Å²) in [6, 6.07) is 6.27. The average molecular weight is 430 g/mol. The van der Waals surface area contributed by atoms with Gasteiger partial charge in [0, 0.05) is 19.2 Å². The molecule has 0 spiro atoms. The molecule has 10 nitrogen and oxygen atoms in total. The van der Waals surface area contributed by atoms with Crippen molar-refractivity contribution < 1.29 is 4.68 Å². The molecule has 2 aliphatic rings. The largest absolute Gasteiger partial charge is 0.384 e. The summed E-state index contributed by atoms with van der Waals surface area (Å²) in [4.78, 5) is 4.86. The summed E-state index contributed by atoms with van der Waals surface area (Å²) < 4.78 is 5.20. The van der Waals surface area contributed by atoms with Gasteiger partial charge in [-0.05, 0) is 36.9 Å². The summed E-state index contributed by atoms with van der Waals surface area (Å²) in [6.07, 6.45) is 13.4. The predicted molar refractivity (Wildman–Crippen MR) is 122 cm³/mol. The molecule has 0 aromatic carbocycles. The summed E-state index contributed by atoms with van der Waals surface area (Å²) in [6.45, 7) is 0. The highest BCUT2D eigenvalue weighted by molar-refractivity contribution is 6.12. The van der Waals surface area contributed by atoms with Crippen molar-refractivity contribution in [2.45, 2.75) is 38.1 Å². The number of hydrazone groups is 1. The number of hydrogen-bond acceptors (Lipinski definition) is 7. The number of hydrogen-bond donors (Lipinski definition) is 2. The van der Waals surface area contributed by atoms with Crippen LogP contribution in [-0.2, 0) is 7.05 Å². The molecule has 0 amide bonds. The van der Waals surface area contributed by atoms with Crippen LogP contribution in [0.25, 0.3) is 22.5 Å². The van der Waals surface area contributed by atoms with Crippen molar-refractivity contribution in [1.82, 2.24) is 24.4 Å². The maximum absolute atomic E-state index is 9.40. The van der Waals surface area contributed by atoms with E-state index in [9.17, 15) is 5.26 Å². The lowest BCUT2D eigenvalue weighted by molar-refractivity contribution is -0.456. The van der Waals surface area contributed by atoms with Crippen molar-refractivity contribution >= 4 is 29.3 Å². The highest BCUT2D eigenvalue weighted by Crippen LogP contribution is 2.37. The quantitative estimate of drug-likeness (QED) is 0.608. The molecule has 0 atom stereocenters. The van der Waals surface area contributed by atoms with Crippen molar-refractivity contribution in [3.05, 3.63) is 36.4 Å². The van der Waals surface area contributed by atoms with Gasteiger partial charge in [0.2, 0.25) is 6.20 Å². The summed E-state index contributed by atoms with van der Waals surface area (Å²) >= 11 is 0. The van der Waals surface area contributed by atoms with Crippen molar-refractivity contribution in [2.75, 3.05) is 5.73 Å². The van der Waals surface area contributed by atoms with Crippen LogP contribution in [0.5, 0.6) is 0 Å². The van der Waals surface area contributed by atoms with Crippen LogP contribution in [-0.4, -0.2) is 47.5 Å². The van der Waals surface area contributed by atoms with Crippen LogP contribution in [0.4, 0.5) is 5.82 Å². The highest BCUT2D eigenvalue weighted by Gasteiger charge is 2.37. The first-order valence-electron chi connectivity index (χ1n) is 10.6. The van der Waals surface area contributed by atoms with Crippen LogP contribution in [0.2, 0.25) is 0 Å². The standard InChI is InChI=1S/C22H25N10/c1-30-20(25)10-17(29-30)18-13-32-19(4-9-26-32)21(28-18)15-11-27-31(12-15)14-22(7-8-23)5-2-16(24)3-6-22/h4,9-14,16H,2-3,5-7,24-25H2,1H3/q+1/b31-14-.